The fraction of sp³-hybridized carbons (Fsp3) is 0.538. The molecule has 2 aliphatic heterocycles. The van der Waals surface area contributed by atoms with Crippen molar-refractivity contribution in [3.63, 3.8) is 0 Å². The van der Waals surface area contributed by atoms with Gasteiger partial charge in [0.15, 0.2) is 5.79 Å². The van der Waals surface area contributed by atoms with Crippen LogP contribution in [-0.2, 0) is 30.3 Å². The van der Waals surface area contributed by atoms with Crippen molar-refractivity contribution in [3.8, 4) is 11.5 Å². The number of aliphatic hydroxyl groups is 1. The number of hydrogen-bond donors (Lipinski definition) is 1. The first-order valence-electron chi connectivity index (χ1n) is 17.1. The van der Waals surface area contributed by atoms with Crippen LogP contribution in [0.15, 0.2) is 54.4 Å². The van der Waals surface area contributed by atoms with Crippen molar-refractivity contribution in [1.29, 1.82) is 0 Å². The molecule has 1 N–H and O–H groups in total. The molecule has 2 aromatic rings. The smallest absolute Gasteiger partial charge is 0.414 e. The van der Waals surface area contributed by atoms with Gasteiger partial charge in [0.2, 0.25) is 5.79 Å². The first-order chi connectivity index (χ1) is 23.7. The highest BCUT2D eigenvalue weighted by atomic mass is 19.1. The molecule has 0 aliphatic carbocycles. The Morgan fingerprint density at radius 2 is 1.73 bits per heavy atom. The summed E-state index contributed by atoms with van der Waals surface area (Å²) in [5.74, 6) is -3.04. The number of esters is 1. The van der Waals surface area contributed by atoms with Crippen LogP contribution in [0.2, 0.25) is 0 Å². The summed E-state index contributed by atoms with van der Waals surface area (Å²) in [4.78, 5) is 27.5. The third-order valence-corrected chi connectivity index (χ3v) is 8.30. The maximum absolute atomic E-state index is 16.1. The molecular weight excluding hydrogens is 661 g/mol. The summed E-state index contributed by atoms with van der Waals surface area (Å²) in [6.07, 6.45) is 0.963. The lowest BCUT2D eigenvalue weighted by molar-refractivity contribution is -0.158. The van der Waals surface area contributed by atoms with E-state index in [0.29, 0.717) is 17.0 Å². The third-order valence-electron chi connectivity index (χ3n) is 8.30. The highest BCUT2D eigenvalue weighted by Crippen LogP contribution is 2.39. The first-order valence-corrected chi connectivity index (χ1v) is 17.1. The van der Waals surface area contributed by atoms with E-state index in [-0.39, 0.29) is 24.3 Å². The molecule has 2 aromatic carbocycles. The SMILES string of the molecule is COc1ccc(CO[C@H](/C(F)=C\[C@@H](C)[C@H](C)O)[C@H]2OC(C)(C)O[C@H]2C/C=C/c2cc(N(C)C(=O)OC(C)(C)C)cc3c2C(=O)OC(C)(C)O3)cc1. The highest BCUT2D eigenvalue weighted by molar-refractivity contribution is 5.99. The number of methoxy groups -OCH3 is 1. The van der Waals surface area contributed by atoms with E-state index in [4.69, 9.17) is 33.2 Å². The summed E-state index contributed by atoms with van der Waals surface area (Å²) in [6.45, 7) is 15.4. The van der Waals surface area contributed by atoms with E-state index in [0.717, 1.165) is 5.56 Å². The minimum Gasteiger partial charge on any atom is -0.497 e. The molecule has 0 spiro atoms. The van der Waals surface area contributed by atoms with Crippen molar-refractivity contribution < 1.29 is 52.2 Å². The largest absolute Gasteiger partial charge is 0.497 e. The van der Waals surface area contributed by atoms with Gasteiger partial charge in [-0.1, -0.05) is 31.2 Å². The Hall–Kier alpha value is -3.97. The van der Waals surface area contributed by atoms with Crippen LogP contribution >= 0.6 is 0 Å². The second-order valence-corrected chi connectivity index (χ2v) is 14.8. The van der Waals surface area contributed by atoms with Gasteiger partial charge in [0.25, 0.3) is 0 Å². The zero-order valence-electron chi connectivity index (χ0n) is 31.4. The second kappa shape index (κ2) is 15.7. The lowest BCUT2D eigenvalue weighted by atomic mass is 9.98. The maximum Gasteiger partial charge on any atom is 0.414 e. The van der Waals surface area contributed by atoms with E-state index >= 15 is 4.39 Å². The predicted molar refractivity (Wildman–Crippen MR) is 190 cm³/mol. The average Bonchev–Trinajstić information content (AvgIpc) is 3.32. The molecule has 4 rings (SSSR count). The summed E-state index contributed by atoms with van der Waals surface area (Å²) in [7, 11) is 3.14. The Balaban J connectivity index is 1.66. The third kappa shape index (κ3) is 10.5. The van der Waals surface area contributed by atoms with Crippen LogP contribution < -0.4 is 14.4 Å². The molecule has 5 atom stereocenters. The molecule has 11 nitrogen and oxygen atoms in total. The number of amides is 1. The Labute approximate surface area is 300 Å². The molecule has 0 bridgehead atoms. The van der Waals surface area contributed by atoms with Gasteiger partial charge in [0, 0.05) is 32.9 Å². The molecule has 0 unspecified atom stereocenters. The van der Waals surface area contributed by atoms with Crippen LogP contribution in [0.4, 0.5) is 14.9 Å². The molecule has 280 valence electrons. The number of carbonyl (C=O) groups is 2. The fourth-order valence-electron chi connectivity index (χ4n) is 5.60. The number of hydrogen-bond acceptors (Lipinski definition) is 10. The van der Waals surface area contributed by atoms with E-state index in [9.17, 15) is 14.7 Å². The second-order valence-electron chi connectivity index (χ2n) is 14.8. The van der Waals surface area contributed by atoms with Crippen LogP contribution in [-0.4, -0.2) is 72.9 Å². The molecule has 0 aromatic heterocycles. The maximum atomic E-state index is 16.1. The standard InChI is InChI=1S/C39H52FNO10/c1-23(24(2)42)19-29(40)33(46-22-25-15-17-28(45-11)18-16-25)34-30(47-38(6,7)49-34)14-12-13-26-20-27(41(10)36(44)51-37(3,4)5)21-31-32(26)35(43)50-39(8,9)48-31/h12-13,15-21,23-24,30,33-34,42H,14,22H2,1-11H3/b13-12+,29-19+/t23-,24+,30+,33-,34+/m1/s1. The minimum atomic E-state index is -1.23. The van der Waals surface area contributed by atoms with Gasteiger partial charge in [-0.15, -0.1) is 0 Å². The van der Waals surface area contributed by atoms with Crippen molar-refractivity contribution in [2.75, 3.05) is 19.1 Å². The normalized spacial score (nSPS) is 21.7. The van der Waals surface area contributed by atoms with Gasteiger partial charge in [0.1, 0.15) is 40.7 Å². The molecule has 0 saturated carbocycles. The number of cyclic esters (lactones) is 1. The molecule has 12 heteroatoms. The van der Waals surface area contributed by atoms with Gasteiger partial charge in [-0.05, 0) is 83.4 Å². The lowest BCUT2D eigenvalue weighted by Gasteiger charge is -2.33. The molecule has 0 radical (unpaired) electrons. The number of nitrogens with zero attached hydrogens (tertiary/aromatic N) is 1. The summed E-state index contributed by atoms with van der Waals surface area (Å²) >= 11 is 0. The number of carbonyl (C=O) groups excluding carboxylic acids is 2. The van der Waals surface area contributed by atoms with Crippen molar-refractivity contribution in [2.45, 2.75) is 117 Å². The van der Waals surface area contributed by atoms with Gasteiger partial charge in [-0.2, -0.15) is 0 Å². The van der Waals surface area contributed by atoms with Gasteiger partial charge in [-0.25, -0.2) is 14.0 Å². The molecule has 51 heavy (non-hydrogen) atoms. The summed E-state index contributed by atoms with van der Waals surface area (Å²) in [5.41, 5.74) is 1.12. The number of halogens is 1. The van der Waals surface area contributed by atoms with Crippen LogP contribution in [0.3, 0.4) is 0 Å². The van der Waals surface area contributed by atoms with Crippen molar-refractivity contribution in [3.05, 3.63) is 71.1 Å². The number of rotatable bonds is 12. The molecular formula is C39H52FNO10. The Bertz CT molecular complexity index is 1610. The van der Waals surface area contributed by atoms with Gasteiger partial charge >= 0.3 is 12.1 Å². The summed E-state index contributed by atoms with van der Waals surface area (Å²) < 4.78 is 57.2. The van der Waals surface area contributed by atoms with Crippen molar-refractivity contribution in [1.82, 2.24) is 0 Å². The quantitative estimate of drug-likeness (QED) is 0.219. The van der Waals surface area contributed by atoms with E-state index in [1.54, 1.807) is 113 Å². The Kier molecular flexibility index (Phi) is 12.3. The van der Waals surface area contributed by atoms with Gasteiger partial charge in [0.05, 0.1) is 31.6 Å². The van der Waals surface area contributed by atoms with Crippen LogP contribution in [0.25, 0.3) is 6.08 Å². The van der Waals surface area contributed by atoms with E-state index in [1.807, 2.05) is 12.1 Å². The monoisotopic (exact) mass is 713 g/mol. The highest BCUT2D eigenvalue weighted by Gasteiger charge is 2.47. The van der Waals surface area contributed by atoms with Crippen LogP contribution in [0.5, 0.6) is 11.5 Å². The summed E-state index contributed by atoms with van der Waals surface area (Å²) in [5, 5.41) is 10.1. The number of benzene rings is 2. The van der Waals surface area contributed by atoms with Crippen molar-refractivity contribution in [2.24, 2.45) is 5.92 Å². The van der Waals surface area contributed by atoms with Gasteiger partial charge < -0.3 is 38.3 Å². The Morgan fingerprint density at radius 3 is 2.33 bits per heavy atom. The lowest BCUT2D eigenvalue weighted by Crippen LogP contribution is -2.39. The molecule has 1 amide bonds. The van der Waals surface area contributed by atoms with Crippen LogP contribution in [0.1, 0.15) is 90.2 Å². The van der Waals surface area contributed by atoms with Crippen molar-refractivity contribution >= 4 is 23.8 Å². The predicted octanol–water partition coefficient (Wildman–Crippen LogP) is 7.73. The van der Waals surface area contributed by atoms with Gasteiger partial charge in [-0.3, -0.25) is 4.90 Å². The zero-order valence-corrected chi connectivity index (χ0v) is 31.4. The topological polar surface area (TPSA) is 122 Å². The number of anilines is 1. The molecule has 1 fully saturated rings. The molecule has 2 aliphatic rings. The number of ether oxygens (including phenoxy) is 7. The average molecular weight is 714 g/mol. The summed E-state index contributed by atoms with van der Waals surface area (Å²) in [6, 6.07) is 10.5. The van der Waals surface area contributed by atoms with Crippen LogP contribution in [0, 0.1) is 5.92 Å². The number of fused-ring (bicyclic) bond motifs is 1. The van der Waals surface area contributed by atoms with E-state index in [2.05, 4.69) is 0 Å². The minimum absolute atomic E-state index is 0.0738. The van der Waals surface area contributed by atoms with E-state index in [1.165, 1.54) is 11.0 Å². The zero-order chi connectivity index (χ0) is 37.9. The first kappa shape index (κ1) is 39.8. The Morgan fingerprint density at radius 1 is 1.06 bits per heavy atom. The molecule has 2 heterocycles. The van der Waals surface area contributed by atoms with E-state index < -0.39 is 65.4 Å². The molecule has 1 saturated heterocycles. The number of aliphatic hydroxyl groups excluding tert-OH is 1. The fourth-order valence-corrected chi connectivity index (χ4v) is 5.60.